The minimum Gasteiger partial charge on any atom is -0.506 e. The monoisotopic (exact) mass is 972 g/mol. The molecule has 350 valence electrons. The van der Waals surface area contributed by atoms with E-state index < -0.39 is 31.5 Å². The van der Waals surface area contributed by atoms with Crippen molar-refractivity contribution < 1.29 is 52.8 Å². The molecule has 25 heteroatoms. The van der Waals surface area contributed by atoms with Crippen LogP contribution in [0.3, 0.4) is 0 Å². The van der Waals surface area contributed by atoms with Crippen LogP contribution >= 0.6 is 23.2 Å². The number of methoxy groups -OCH3 is 1. The molecule has 0 aliphatic heterocycles. The zero-order valence-corrected chi connectivity index (χ0v) is 36.5. The molecular weight excluding hydrogens is 939 g/mol. The lowest BCUT2D eigenvalue weighted by atomic mass is 10.2. The van der Waals surface area contributed by atoms with Crippen molar-refractivity contribution in [2.75, 3.05) is 28.8 Å². The highest BCUT2D eigenvalue weighted by atomic mass is 35.5. The van der Waals surface area contributed by atoms with Gasteiger partial charge in [0.2, 0.25) is 0 Å². The lowest BCUT2D eigenvalue weighted by Crippen LogP contribution is -2.11. The van der Waals surface area contributed by atoms with Crippen LogP contribution < -0.4 is 26.4 Å². The first-order chi connectivity index (χ1) is 32.3. The Kier molecular flexibility index (Phi) is 18.2. The van der Waals surface area contributed by atoms with Gasteiger partial charge in [-0.05, 0) is 73.2 Å². The number of amides is 3. The number of anilines is 4. The summed E-state index contributed by atoms with van der Waals surface area (Å²) in [6.07, 6.45) is 2.78. The van der Waals surface area contributed by atoms with Gasteiger partial charge in [0.1, 0.15) is 16.5 Å². The number of phenols is 1. The molecule has 2 aromatic heterocycles. The second kappa shape index (κ2) is 24.1. The Hall–Kier alpha value is -9.35. The van der Waals surface area contributed by atoms with Crippen molar-refractivity contribution in [3.63, 3.8) is 0 Å². The van der Waals surface area contributed by atoms with Gasteiger partial charge in [0.25, 0.3) is 40.5 Å². The minimum atomic E-state index is -0.693. The number of halogens is 2. The fourth-order valence-corrected chi connectivity index (χ4v) is 5.65. The molecule has 0 unspecified atom stereocenters. The number of nitro benzene ring substituents is 4. The standard InChI is InChI=1S/C13H9ClN2O3.C12H10N2O5.C12H10N2O4.C6H5ClN2O3/c14-11-8-10(16(18)19)6-7-12(11)15-13(17)9-4-2-1-3-5-9;1-18-11-7-8(14(16)17)4-5-9(11)13-12(15)10-3-2-6-19-10;1-8-7-9(14(16)17)4-5-10(8)13-12(15)11-3-2-6-18-11;7-3-1-4(8)6(10)2-5(3)9(11)12/h1-8H,(H,15,17);2-7H,1H3,(H,13,15);2-7H,1H3,(H,13,15);1-2,10H,8H2. The van der Waals surface area contributed by atoms with Crippen LogP contribution in [0, 0.1) is 47.4 Å². The van der Waals surface area contributed by atoms with Gasteiger partial charge in [0.05, 0.1) is 73.5 Å². The summed E-state index contributed by atoms with van der Waals surface area (Å²) in [5.41, 5.74) is 6.92. The summed E-state index contributed by atoms with van der Waals surface area (Å²) >= 11 is 11.3. The summed E-state index contributed by atoms with van der Waals surface area (Å²) in [7, 11) is 1.36. The fraction of sp³-hybridized carbons (Fsp3) is 0.0465. The molecule has 0 spiro atoms. The van der Waals surface area contributed by atoms with Gasteiger partial charge in [-0.25, -0.2) is 0 Å². The van der Waals surface area contributed by atoms with Gasteiger partial charge in [0, 0.05) is 41.6 Å². The van der Waals surface area contributed by atoms with E-state index in [0.717, 1.165) is 12.1 Å². The first-order valence-electron chi connectivity index (χ1n) is 18.8. The molecule has 6 N–H and O–H groups in total. The molecule has 0 bridgehead atoms. The van der Waals surface area contributed by atoms with Crippen LogP contribution in [-0.2, 0) is 0 Å². The SMILES string of the molecule is COc1cc([N+](=O)[O-])ccc1NC(=O)c1ccco1.Cc1cc([N+](=O)[O-])ccc1NC(=O)c1ccco1.Nc1cc(Cl)c([N+](=O)[O-])cc1O.O=C(Nc1ccc([N+](=O)[O-])cc1Cl)c1ccccc1. The molecule has 68 heavy (non-hydrogen) atoms. The number of nitro groups is 4. The molecule has 0 saturated heterocycles. The van der Waals surface area contributed by atoms with Crippen molar-refractivity contribution in [1.29, 1.82) is 0 Å². The quantitative estimate of drug-likeness (QED) is 0.0348. The normalized spacial score (nSPS) is 9.94. The Labute approximate surface area is 392 Å². The molecule has 23 nitrogen and oxygen atoms in total. The van der Waals surface area contributed by atoms with Gasteiger partial charge in [-0.2, -0.15) is 0 Å². The number of aromatic hydroxyl groups is 1. The number of carbonyl (C=O) groups excluding carboxylic acids is 3. The largest absolute Gasteiger partial charge is 0.506 e. The summed E-state index contributed by atoms with van der Waals surface area (Å²) < 4.78 is 14.9. The van der Waals surface area contributed by atoms with Crippen LogP contribution in [0.15, 0.2) is 143 Å². The number of non-ortho nitro benzene ring substituents is 3. The Morgan fingerprint density at radius 1 is 0.588 bits per heavy atom. The molecule has 0 aliphatic rings. The van der Waals surface area contributed by atoms with E-state index in [9.17, 15) is 54.8 Å². The smallest absolute Gasteiger partial charge is 0.291 e. The number of nitrogens with zero attached hydrogens (tertiary/aromatic N) is 4. The van der Waals surface area contributed by atoms with Crippen molar-refractivity contribution >= 4 is 86.4 Å². The number of carbonyl (C=O) groups is 3. The predicted octanol–water partition coefficient (Wildman–Crippen LogP) is 10.2. The Morgan fingerprint density at radius 2 is 1.07 bits per heavy atom. The molecule has 7 aromatic rings. The van der Waals surface area contributed by atoms with Gasteiger partial charge >= 0.3 is 0 Å². The average molecular weight is 974 g/mol. The molecule has 0 radical (unpaired) electrons. The zero-order chi connectivity index (χ0) is 50.1. The number of nitrogens with one attached hydrogen (secondary N) is 3. The predicted molar refractivity (Wildman–Crippen MR) is 247 cm³/mol. The van der Waals surface area contributed by atoms with Gasteiger partial charge in [0.15, 0.2) is 11.5 Å². The third kappa shape index (κ3) is 14.6. The number of hydrogen-bond donors (Lipinski definition) is 5. The van der Waals surface area contributed by atoms with E-state index in [0.29, 0.717) is 28.2 Å². The van der Waals surface area contributed by atoms with Crippen molar-refractivity contribution in [3.8, 4) is 11.5 Å². The number of nitrogen functional groups attached to an aromatic ring is 1. The van der Waals surface area contributed by atoms with Gasteiger partial charge in [-0.15, -0.1) is 0 Å². The third-order valence-electron chi connectivity index (χ3n) is 8.54. The van der Waals surface area contributed by atoms with Gasteiger partial charge < -0.3 is 40.4 Å². The van der Waals surface area contributed by atoms with E-state index in [4.69, 9.17) is 47.6 Å². The van der Waals surface area contributed by atoms with Crippen LogP contribution in [-0.4, -0.2) is 49.6 Å². The first-order valence-corrected chi connectivity index (χ1v) is 19.5. The second-order valence-electron chi connectivity index (χ2n) is 13.1. The second-order valence-corrected chi connectivity index (χ2v) is 13.9. The Morgan fingerprint density at radius 3 is 1.54 bits per heavy atom. The van der Waals surface area contributed by atoms with E-state index in [1.165, 1.54) is 86.4 Å². The van der Waals surface area contributed by atoms with Crippen molar-refractivity contribution in [2.24, 2.45) is 0 Å². The maximum atomic E-state index is 11.9. The molecule has 7 rings (SSSR count). The first kappa shape index (κ1) is 51.3. The number of phenolic OH excluding ortho intramolecular Hbond substituents is 1. The topological polar surface area (TPSA) is 342 Å². The lowest BCUT2D eigenvalue weighted by molar-refractivity contribution is -0.385. The summed E-state index contributed by atoms with van der Waals surface area (Å²) in [5.74, 6) is -0.987. The summed E-state index contributed by atoms with van der Waals surface area (Å²) in [4.78, 5) is 75.1. The van der Waals surface area contributed by atoms with Crippen molar-refractivity contribution in [3.05, 3.63) is 207 Å². The minimum absolute atomic E-state index is 0.0107. The highest BCUT2D eigenvalue weighted by Crippen LogP contribution is 2.33. The van der Waals surface area contributed by atoms with E-state index in [1.807, 2.05) is 0 Å². The highest BCUT2D eigenvalue weighted by molar-refractivity contribution is 6.34. The molecule has 0 fully saturated rings. The number of nitrogens with two attached hydrogens (primary N) is 1. The summed E-state index contributed by atoms with van der Waals surface area (Å²) in [6, 6.07) is 28.9. The zero-order valence-electron chi connectivity index (χ0n) is 35.0. The van der Waals surface area contributed by atoms with Crippen LogP contribution in [0.5, 0.6) is 11.5 Å². The molecule has 3 amide bonds. The van der Waals surface area contributed by atoms with Crippen molar-refractivity contribution in [1.82, 2.24) is 0 Å². The number of hydrogen-bond acceptors (Lipinski definition) is 16. The van der Waals surface area contributed by atoms with Gasteiger partial charge in [-0.3, -0.25) is 54.8 Å². The summed E-state index contributed by atoms with van der Waals surface area (Å²) in [5, 5.41) is 58.8. The van der Waals surface area contributed by atoms with Crippen molar-refractivity contribution in [2.45, 2.75) is 6.92 Å². The molecule has 5 aromatic carbocycles. The molecule has 0 saturated carbocycles. The number of benzene rings is 5. The van der Waals surface area contributed by atoms with Crippen LogP contribution in [0.25, 0.3) is 0 Å². The summed E-state index contributed by atoms with van der Waals surface area (Å²) in [6.45, 7) is 1.69. The van der Waals surface area contributed by atoms with Crippen LogP contribution in [0.4, 0.5) is 45.5 Å². The van der Waals surface area contributed by atoms with E-state index in [2.05, 4.69) is 16.0 Å². The lowest BCUT2D eigenvalue weighted by Gasteiger charge is -2.08. The number of ether oxygens (including phenoxy) is 1. The van der Waals surface area contributed by atoms with Gasteiger partial charge in [-0.1, -0.05) is 41.4 Å². The molecule has 0 aliphatic carbocycles. The van der Waals surface area contributed by atoms with Crippen LogP contribution in [0.2, 0.25) is 10.0 Å². The highest BCUT2D eigenvalue weighted by Gasteiger charge is 2.18. The number of rotatable bonds is 11. The third-order valence-corrected chi connectivity index (χ3v) is 9.16. The fourth-order valence-electron chi connectivity index (χ4n) is 5.19. The maximum absolute atomic E-state index is 11.9. The molecule has 2 heterocycles. The molecule has 0 atom stereocenters. The number of aryl methyl sites for hydroxylation is 1. The Balaban J connectivity index is 0.000000200. The number of furan rings is 2. The maximum Gasteiger partial charge on any atom is 0.291 e. The Bertz CT molecular complexity index is 2950. The van der Waals surface area contributed by atoms with E-state index in [-0.39, 0.29) is 67.4 Å². The molecular formula is C43H34Cl2N8O15. The van der Waals surface area contributed by atoms with Crippen LogP contribution in [0.1, 0.15) is 37.0 Å². The average Bonchev–Trinajstić information content (AvgIpc) is 4.07. The van der Waals surface area contributed by atoms with E-state index in [1.54, 1.807) is 49.4 Å². The van der Waals surface area contributed by atoms with E-state index >= 15 is 0 Å².